The molecule has 52 heavy (non-hydrogen) atoms. The van der Waals surface area contributed by atoms with Crippen molar-refractivity contribution < 1.29 is 34.6 Å². The summed E-state index contributed by atoms with van der Waals surface area (Å²) in [6, 6.07) is 23.3. The summed E-state index contributed by atoms with van der Waals surface area (Å²) >= 11 is 1.86. The first-order valence-electron chi connectivity index (χ1n) is 18.6. The Morgan fingerprint density at radius 3 is 2.15 bits per heavy atom. The second-order valence-electron chi connectivity index (χ2n) is 16.0. The Morgan fingerprint density at radius 2 is 1.56 bits per heavy atom. The Labute approximate surface area is 331 Å². The molecule has 0 unspecified atom stereocenters. The number of pyridine rings is 2. The number of carbonyl (C=O) groups excluding carboxylic acids is 1. The predicted molar refractivity (Wildman–Crippen MR) is 218 cm³/mol. The fourth-order valence-corrected chi connectivity index (χ4v) is 7.51. The number of hydrogen-bond acceptors (Lipinski definition) is 4. The SMILES string of the molecule is CCC(C)(CC)C(=O)/C=C(\O)C(C)(CC)CC.[CH2-][n+]1ccc(-c2cnc3cc(CC(C)C)sc3c2)cc1-c1[c-]c2ccccc2c(C(C)(C)C)c1.[Ir]. The van der Waals surface area contributed by atoms with Gasteiger partial charge in [0.15, 0.2) is 5.78 Å². The molecule has 0 aliphatic rings. The average molecular weight is 896 g/mol. The molecule has 5 rings (SSSR count). The van der Waals surface area contributed by atoms with Crippen LogP contribution < -0.4 is 4.57 Å². The molecule has 4 nitrogen and oxygen atoms in total. The number of benzene rings is 2. The first kappa shape index (κ1) is 43.1. The summed E-state index contributed by atoms with van der Waals surface area (Å²) in [4.78, 5) is 18.4. The van der Waals surface area contributed by atoms with E-state index in [0.29, 0.717) is 5.92 Å². The van der Waals surface area contributed by atoms with Gasteiger partial charge in [-0.25, -0.2) is 0 Å². The third-order valence-corrected chi connectivity index (χ3v) is 12.0. The molecule has 3 heterocycles. The number of rotatable bonds is 11. The standard InChI is InChI=1S/C31H31N2S.C15H28O2.Ir/c1-20(2)13-25-18-28-30(34-25)17-24(19-32-28)21-11-12-33(6)29(16-21)23-14-22-9-7-8-10-26(22)27(15-23)31(3,4)5;1-7-14(5,8-2)12(16)11-13(17)15(6,9-3)10-4;/h7-12,15-20H,6,13H2,1-5H3;11,16H,7-10H2,1-6H3;/q-1;;/b;12-11-;. The van der Waals surface area contributed by atoms with Crippen molar-refractivity contribution in [1.29, 1.82) is 0 Å². The molecule has 0 atom stereocenters. The number of aromatic nitrogens is 2. The van der Waals surface area contributed by atoms with Gasteiger partial charge in [0.05, 0.1) is 16.4 Å². The predicted octanol–water partition coefficient (Wildman–Crippen LogP) is 12.7. The molecular formula is C46H59IrN2O2S-. The van der Waals surface area contributed by atoms with Crippen molar-refractivity contribution >= 4 is 38.1 Å². The fourth-order valence-electron chi connectivity index (χ4n) is 6.24. The smallest absolute Gasteiger partial charge is 0.164 e. The van der Waals surface area contributed by atoms with E-state index >= 15 is 0 Å². The van der Waals surface area contributed by atoms with Crippen LogP contribution in [0.3, 0.4) is 0 Å². The summed E-state index contributed by atoms with van der Waals surface area (Å²) < 4.78 is 3.18. The monoisotopic (exact) mass is 896 g/mol. The molecule has 0 bridgehead atoms. The topological polar surface area (TPSA) is 54.1 Å². The van der Waals surface area contributed by atoms with Gasteiger partial charge >= 0.3 is 0 Å². The van der Waals surface area contributed by atoms with Gasteiger partial charge in [-0.05, 0) is 73.3 Å². The van der Waals surface area contributed by atoms with E-state index in [1.165, 1.54) is 26.6 Å². The van der Waals surface area contributed by atoms with Crippen LogP contribution in [0.1, 0.15) is 112 Å². The molecule has 0 spiro atoms. The maximum absolute atomic E-state index is 12.2. The van der Waals surface area contributed by atoms with Crippen molar-refractivity contribution in [3.63, 3.8) is 0 Å². The third kappa shape index (κ3) is 9.81. The van der Waals surface area contributed by atoms with Crippen molar-refractivity contribution in [3.8, 4) is 22.4 Å². The Balaban J connectivity index is 0.000000347. The Kier molecular flexibility index (Phi) is 14.6. The van der Waals surface area contributed by atoms with E-state index in [1.54, 1.807) is 0 Å². The molecule has 0 fully saturated rings. The molecule has 0 saturated heterocycles. The molecule has 0 aliphatic carbocycles. The Morgan fingerprint density at radius 1 is 0.923 bits per heavy atom. The van der Waals surface area contributed by atoms with Crippen LogP contribution in [0.2, 0.25) is 0 Å². The van der Waals surface area contributed by atoms with E-state index in [-0.39, 0.29) is 47.9 Å². The normalized spacial score (nSPS) is 12.5. The van der Waals surface area contributed by atoms with Crippen molar-refractivity contribution in [2.75, 3.05) is 0 Å². The molecule has 0 saturated carbocycles. The van der Waals surface area contributed by atoms with Gasteiger partial charge in [-0.1, -0.05) is 105 Å². The van der Waals surface area contributed by atoms with Crippen LogP contribution in [0.5, 0.6) is 0 Å². The zero-order valence-electron chi connectivity index (χ0n) is 33.2. The number of fused-ring (bicyclic) bond motifs is 2. The second kappa shape index (κ2) is 17.7. The Bertz CT molecular complexity index is 2010. The van der Waals surface area contributed by atoms with E-state index < -0.39 is 0 Å². The third-order valence-electron chi connectivity index (χ3n) is 10.9. The van der Waals surface area contributed by atoms with Gasteiger partial charge < -0.3 is 9.67 Å². The molecule has 1 N–H and O–H groups in total. The number of thiophene rings is 1. The minimum absolute atomic E-state index is 0. The maximum Gasteiger partial charge on any atom is 0.164 e. The zero-order valence-corrected chi connectivity index (χ0v) is 36.5. The van der Waals surface area contributed by atoms with Gasteiger partial charge in [-0.2, -0.15) is 0 Å². The molecule has 1 radical (unpaired) electrons. The minimum Gasteiger partial charge on any atom is -0.512 e. The van der Waals surface area contributed by atoms with Crippen LogP contribution >= 0.6 is 11.3 Å². The van der Waals surface area contributed by atoms with Gasteiger partial charge in [0.2, 0.25) is 0 Å². The summed E-state index contributed by atoms with van der Waals surface area (Å²) in [7, 11) is 4.27. The number of hydrogen-bond donors (Lipinski definition) is 1. The van der Waals surface area contributed by atoms with Crippen molar-refractivity contribution in [1.82, 2.24) is 4.98 Å². The number of carbonyl (C=O) groups is 1. The van der Waals surface area contributed by atoms with Crippen LogP contribution in [-0.2, 0) is 36.7 Å². The number of aliphatic hydroxyl groups is 1. The second-order valence-corrected chi connectivity index (χ2v) is 17.2. The largest absolute Gasteiger partial charge is 0.512 e. The van der Waals surface area contributed by atoms with Crippen LogP contribution in [0.4, 0.5) is 0 Å². The first-order chi connectivity index (χ1) is 24.0. The number of allylic oxidation sites excluding steroid dienone is 2. The fraction of sp³-hybridized carbons (Fsp3) is 0.435. The molecule has 5 aromatic rings. The Hall–Kier alpha value is -3.31. The zero-order chi connectivity index (χ0) is 37.7. The van der Waals surface area contributed by atoms with Gasteiger partial charge in [0.25, 0.3) is 0 Å². The first-order valence-corrected chi connectivity index (χ1v) is 19.5. The molecule has 2 aromatic carbocycles. The quantitative estimate of drug-likeness (QED) is 0.0622. The number of aliphatic hydroxyl groups excluding tert-OH is 1. The van der Waals surface area contributed by atoms with E-state index in [4.69, 9.17) is 4.98 Å². The molecule has 0 aliphatic heterocycles. The van der Waals surface area contributed by atoms with Crippen LogP contribution in [0.25, 0.3) is 43.4 Å². The average Bonchev–Trinajstić information content (AvgIpc) is 3.51. The number of nitrogens with zero attached hydrogens (tertiary/aromatic N) is 2. The summed E-state index contributed by atoms with van der Waals surface area (Å²) in [5.41, 5.74) is 6.20. The van der Waals surface area contributed by atoms with E-state index in [2.05, 4.69) is 102 Å². The molecule has 3 aromatic heterocycles. The molecule has 281 valence electrons. The maximum atomic E-state index is 12.2. The van der Waals surface area contributed by atoms with E-state index in [9.17, 15) is 9.90 Å². The van der Waals surface area contributed by atoms with E-state index in [0.717, 1.165) is 65.4 Å². The molecule has 0 amide bonds. The van der Waals surface area contributed by atoms with Crippen LogP contribution in [0, 0.1) is 29.9 Å². The molecule has 6 heteroatoms. The van der Waals surface area contributed by atoms with Crippen molar-refractivity contribution in [2.45, 2.75) is 114 Å². The summed E-state index contributed by atoms with van der Waals surface area (Å²) in [5.74, 6) is 0.932. The summed E-state index contributed by atoms with van der Waals surface area (Å²) in [6.07, 6.45) is 9.88. The van der Waals surface area contributed by atoms with Gasteiger partial charge in [-0.3, -0.25) is 9.78 Å². The van der Waals surface area contributed by atoms with Crippen molar-refractivity contribution in [3.05, 3.63) is 102 Å². The van der Waals surface area contributed by atoms with E-state index in [1.807, 2.05) is 69.8 Å². The summed E-state index contributed by atoms with van der Waals surface area (Å²) in [6.45, 7) is 23.4. The minimum atomic E-state index is -0.337. The molecular weight excluding hydrogens is 837 g/mol. The van der Waals surface area contributed by atoms with Gasteiger partial charge in [-0.15, -0.1) is 40.5 Å². The van der Waals surface area contributed by atoms with Gasteiger partial charge in [0.1, 0.15) is 11.5 Å². The van der Waals surface area contributed by atoms with Crippen LogP contribution in [0.15, 0.2) is 78.8 Å². The summed E-state index contributed by atoms with van der Waals surface area (Å²) in [5, 5.41) is 12.5. The van der Waals surface area contributed by atoms with Crippen molar-refractivity contribution in [2.24, 2.45) is 16.7 Å². The number of ketones is 1. The van der Waals surface area contributed by atoms with Crippen LogP contribution in [-0.4, -0.2) is 15.9 Å². The van der Waals surface area contributed by atoms with Gasteiger partial charge in [0, 0.05) is 60.7 Å².